The fourth-order valence-corrected chi connectivity index (χ4v) is 2.06. The van der Waals surface area contributed by atoms with E-state index in [-0.39, 0.29) is 12.5 Å². The van der Waals surface area contributed by atoms with Gasteiger partial charge in [-0.15, -0.1) is 5.10 Å². The molecule has 0 aliphatic heterocycles. The molecule has 1 fully saturated rings. The van der Waals surface area contributed by atoms with Gasteiger partial charge in [-0.25, -0.2) is 4.68 Å². The molecule has 0 radical (unpaired) electrons. The highest BCUT2D eigenvalue weighted by Crippen LogP contribution is 2.34. The zero-order valence-corrected chi connectivity index (χ0v) is 10.8. The number of carboxylic acid groups (broad SMARTS) is 1. The van der Waals surface area contributed by atoms with Crippen molar-refractivity contribution in [2.45, 2.75) is 51.7 Å². The van der Waals surface area contributed by atoms with Gasteiger partial charge in [0.15, 0.2) is 5.82 Å². The van der Waals surface area contributed by atoms with Crippen molar-refractivity contribution in [3.63, 3.8) is 0 Å². The van der Waals surface area contributed by atoms with Crippen LogP contribution in [0.5, 0.6) is 0 Å². The molecule has 2 rings (SSSR count). The summed E-state index contributed by atoms with van der Waals surface area (Å²) in [5, 5.41) is 20.6. The van der Waals surface area contributed by atoms with Gasteiger partial charge in [-0.1, -0.05) is 6.92 Å². The van der Waals surface area contributed by atoms with Gasteiger partial charge in [0.05, 0.1) is 19.0 Å². The number of rotatable bonds is 7. The van der Waals surface area contributed by atoms with Crippen LogP contribution in [0.3, 0.4) is 0 Å². The molecule has 1 saturated carbocycles. The third-order valence-corrected chi connectivity index (χ3v) is 3.30. The lowest BCUT2D eigenvalue weighted by molar-refractivity contribution is -0.138. The Hall–Kier alpha value is -1.50. The lowest BCUT2D eigenvalue weighted by Crippen LogP contribution is -2.35. The van der Waals surface area contributed by atoms with Gasteiger partial charge in [-0.3, -0.25) is 9.69 Å². The van der Waals surface area contributed by atoms with Crippen LogP contribution in [0.25, 0.3) is 0 Å². The summed E-state index contributed by atoms with van der Waals surface area (Å²) in [5.41, 5.74) is 0. The lowest BCUT2D eigenvalue weighted by Gasteiger charge is -2.25. The van der Waals surface area contributed by atoms with Crippen molar-refractivity contribution in [2.75, 3.05) is 6.54 Å². The van der Waals surface area contributed by atoms with E-state index in [1.807, 2.05) is 18.5 Å². The van der Waals surface area contributed by atoms with E-state index in [0.717, 1.165) is 25.2 Å². The Morgan fingerprint density at radius 1 is 1.61 bits per heavy atom. The summed E-state index contributed by atoms with van der Waals surface area (Å²) in [7, 11) is 0. The first kappa shape index (κ1) is 12.9. The number of hydrogen-bond donors (Lipinski definition) is 1. The predicted octanol–water partition coefficient (Wildman–Crippen LogP) is 0.693. The summed E-state index contributed by atoms with van der Waals surface area (Å²) in [6.07, 6.45) is 2.41. The van der Waals surface area contributed by atoms with E-state index in [4.69, 9.17) is 5.11 Å². The van der Waals surface area contributed by atoms with Gasteiger partial charge in [-0.2, -0.15) is 0 Å². The van der Waals surface area contributed by atoms with Gasteiger partial charge >= 0.3 is 5.97 Å². The lowest BCUT2D eigenvalue weighted by atomic mass is 10.2. The Morgan fingerprint density at radius 2 is 2.33 bits per heavy atom. The van der Waals surface area contributed by atoms with Crippen molar-refractivity contribution in [2.24, 2.45) is 0 Å². The maximum atomic E-state index is 10.7. The average molecular weight is 253 g/mol. The van der Waals surface area contributed by atoms with Crippen LogP contribution in [0.4, 0.5) is 0 Å². The fourth-order valence-electron chi connectivity index (χ4n) is 2.06. The van der Waals surface area contributed by atoms with Crippen molar-refractivity contribution >= 4 is 5.97 Å². The summed E-state index contributed by atoms with van der Waals surface area (Å²) in [5.74, 6) is 0.0549. The maximum Gasteiger partial charge on any atom is 0.304 e. The van der Waals surface area contributed by atoms with Crippen LogP contribution >= 0.6 is 0 Å². The topological polar surface area (TPSA) is 84.1 Å². The van der Waals surface area contributed by atoms with E-state index in [1.54, 1.807) is 0 Å². The maximum absolute atomic E-state index is 10.7. The van der Waals surface area contributed by atoms with Crippen LogP contribution in [0.15, 0.2) is 0 Å². The van der Waals surface area contributed by atoms with Gasteiger partial charge in [0.2, 0.25) is 0 Å². The quantitative estimate of drug-likeness (QED) is 0.769. The summed E-state index contributed by atoms with van der Waals surface area (Å²) < 4.78 is 1.87. The highest BCUT2D eigenvalue weighted by molar-refractivity contribution is 5.67. The molecular formula is C11H19N5O2. The largest absolute Gasteiger partial charge is 0.481 e. The molecule has 1 aliphatic carbocycles. The van der Waals surface area contributed by atoms with Gasteiger partial charge < -0.3 is 5.11 Å². The molecule has 1 aromatic heterocycles. The van der Waals surface area contributed by atoms with Crippen LogP contribution in [-0.2, 0) is 11.3 Å². The first-order valence-corrected chi connectivity index (χ1v) is 6.34. The van der Waals surface area contributed by atoms with E-state index in [1.165, 1.54) is 0 Å². The van der Waals surface area contributed by atoms with Crippen molar-refractivity contribution in [1.82, 2.24) is 25.1 Å². The van der Waals surface area contributed by atoms with Crippen LogP contribution < -0.4 is 0 Å². The Morgan fingerprint density at radius 3 is 2.89 bits per heavy atom. The molecule has 1 N–H and O–H groups in total. The monoisotopic (exact) mass is 253 g/mol. The Balaban J connectivity index is 2.00. The smallest absolute Gasteiger partial charge is 0.304 e. The molecule has 1 atom stereocenters. The van der Waals surface area contributed by atoms with E-state index in [9.17, 15) is 4.79 Å². The van der Waals surface area contributed by atoms with E-state index >= 15 is 0 Å². The van der Waals surface area contributed by atoms with Crippen LogP contribution in [0.2, 0.25) is 0 Å². The number of carboxylic acids is 1. The third-order valence-electron chi connectivity index (χ3n) is 3.30. The first-order chi connectivity index (χ1) is 8.61. The van der Waals surface area contributed by atoms with Crippen LogP contribution in [-0.4, -0.2) is 48.8 Å². The highest BCUT2D eigenvalue weighted by Gasteiger charge is 2.28. The minimum absolute atomic E-state index is 0.0168. The molecule has 0 aromatic carbocycles. The Labute approximate surface area is 106 Å². The minimum atomic E-state index is -0.775. The first-order valence-electron chi connectivity index (χ1n) is 6.34. The molecule has 1 aromatic rings. The molecule has 7 nitrogen and oxygen atoms in total. The number of aliphatic carboxylic acids is 1. The molecule has 0 saturated heterocycles. The minimum Gasteiger partial charge on any atom is -0.481 e. The third kappa shape index (κ3) is 3.04. The Bertz CT molecular complexity index is 415. The van der Waals surface area contributed by atoms with E-state index in [2.05, 4.69) is 20.4 Å². The number of aromatic nitrogens is 4. The van der Waals surface area contributed by atoms with Crippen molar-refractivity contribution in [3.8, 4) is 0 Å². The molecule has 1 heterocycles. The fraction of sp³-hybridized carbons (Fsp3) is 0.818. The number of tetrazole rings is 1. The van der Waals surface area contributed by atoms with Crippen molar-refractivity contribution in [1.29, 1.82) is 0 Å². The number of carbonyl (C=O) groups is 1. The van der Waals surface area contributed by atoms with Crippen molar-refractivity contribution in [3.05, 3.63) is 5.82 Å². The molecule has 0 spiro atoms. The molecule has 0 bridgehead atoms. The molecule has 1 aliphatic rings. The average Bonchev–Trinajstić information content (AvgIpc) is 3.05. The summed E-state index contributed by atoms with van der Waals surface area (Å²) in [6.45, 7) is 5.33. The van der Waals surface area contributed by atoms with E-state index in [0.29, 0.717) is 12.6 Å². The molecule has 0 amide bonds. The highest BCUT2D eigenvalue weighted by atomic mass is 16.4. The molecule has 7 heteroatoms. The SMILES string of the molecule is CCN(Cc1nnnn1C1CC1)C(C)CC(=O)O. The van der Waals surface area contributed by atoms with Gasteiger partial charge in [0.1, 0.15) is 0 Å². The number of hydrogen-bond acceptors (Lipinski definition) is 5. The standard InChI is InChI=1S/C11H19N5O2/c1-3-15(8(2)6-11(17)18)7-10-12-13-14-16(10)9-4-5-9/h8-9H,3-7H2,1-2H3,(H,17,18). The molecule has 100 valence electrons. The summed E-state index contributed by atoms with van der Waals surface area (Å²) in [4.78, 5) is 12.8. The zero-order valence-electron chi connectivity index (χ0n) is 10.8. The number of nitrogens with zero attached hydrogens (tertiary/aromatic N) is 5. The molecule has 1 unspecified atom stereocenters. The second-order valence-corrected chi connectivity index (χ2v) is 4.78. The van der Waals surface area contributed by atoms with Gasteiger partial charge in [0.25, 0.3) is 0 Å². The second kappa shape index (κ2) is 5.43. The van der Waals surface area contributed by atoms with Crippen molar-refractivity contribution < 1.29 is 9.90 Å². The molecule has 18 heavy (non-hydrogen) atoms. The molecular weight excluding hydrogens is 234 g/mol. The summed E-state index contributed by atoms with van der Waals surface area (Å²) in [6, 6.07) is 0.431. The van der Waals surface area contributed by atoms with Crippen LogP contribution in [0.1, 0.15) is 45.0 Å². The second-order valence-electron chi connectivity index (χ2n) is 4.78. The predicted molar refractivity (Wildman–Crippen MR) is 63.9 cm³/mol. The normalized spacial score (nSPS) is 17.1. The summed E-state index contributed by atoms with van der Waals surface area (Å²) >= 11 is 0. The zero-order chi connectivity index (χ0) is 13.1. The van der Waals surface area contributed by atoms with E-state index < -0.39 is 5.97 Å². The van der Waals surface area contributed by atoms with Gasteiger partial charge in [0, 0.05) is 6.04 Å². The van der Waals surface area contributed by atoms with Crippen LogP contribution in [0, 0.1) is 0 Å². The van der Waals surface area contributed by atoms with Gasteiger partial charge in [-0.05, 0) is 36.7 Å². The Kier molecular flexibility index (Phi) is 3.90.